The number of carbonyl (C=O) groups is 1. The second-order valence-electron chi connectivity index (χ2n) is 12.5. The van der Waals surface area contributed by atoms with E-state index in [0.717, 1.165) is 43.4 Å². The van der Waals surface area contributed by atoms with E-state index in [1.165, 1.54) is 35.3 Å². The zero-order valence-corrected chi connectivity index (χ0v) is 23.9. The molecule has 1 aliphatic heterocycles. The van der Waals surface area contributed by atoms with Gasteiger partial charge < -0.3 is 0 Å². The molecule has 38 heavy (non-hydrogen) atoms. The van der Waals surface area contributed by atoms with Gasteiger partial charge in [-0.25, -0.2) is 13.4 Å². The molecule has 2 fully saturated rings. The highest BCUT2D eigenvalue weighted by molar-refractivity contribution is 7.89. The Morgan fingerprint density at radius 1 is 1.03 bits per heavy atom. The fourth-order valence-electron chi connectivity index (χ4n) is 7.13. The van der Waals surface area contributed by atoms with Gasteiger partial charge in [-0.1, -0.05) is 32.9 Å². The predicted molar refractivity (Wildman–Crippen MR) is 152 cm³/mol. The monoisotopic (exact) mass is 549 g/mol. The Balaban J connectivity index is 1.15. The SMILES string of the molecule is CC1(C)CC2CC(C)(CN2S(=O)(=O)c2ccc(C(=O)Nc3nc(-c4ccc5c(c4)CCCC5)cs3)cc2)C1. The van der Waals surface area contributed by atoms with Gasteiger partial charge in [0.15, 0.2) is 5.13 Å². The number of hydrogen-bond donors (Lipinski definition) is 1. The lowest BCUT2D eigenvalue weighted by atomic mass is 9.65. The van der Waals surface area contributed by atoms with Crippen molar-refractivity contribution in [2.75, 3.05) is 11.9 Å². The summed E-state index contributed by atoms with van der Waals surface area (Å²) >= 11 is 1.39. The molecule has 3 aromatic rings. The summed E-state index contributed by atoms with van der Waals surface area (Å²) in [5.74, 6) is -0.299. The first-order chi connectivity index (χ1) is 18.0. The maximum Gasteiger partial charge on any atom is 0.257 e. The number of hydrogen-bond acceptors (Lipinski definition) is 5. The third kappa shape index (κ3) is 4.82. The first kappa shape index (κ1) is 25.7. The number of aromatic nitrogens is 1. The van der Waals surface area contributed by atoms with Crippen LogP contribution in [0.1, 0.15) is 74.4 Å². The number of fused-ring (bicyclic) bond motifs is 3. The van der Waals surface area contributed by atoms with Gasteiger partial charge in [0.2, 0.25) is 10.0 Å². The number of rotatable bonds is 5. The Kier molecular flexibility index (Phi) is 6.28. The molecule has 2 bridgehead atoms. The third-order valence-corrected chi connectivity index (χ3v) is 11.1. The van der Waals surface area contributed by atoms with E-state index in [-0.39, 0.29) is 27.7 Å². The minimum Gasteiger partial charge on any atom is -0.298 e. The molecule has 0 radical (unpaired) electrons. The van der Waals surface area contributed by atoms with Crippen LogP contribution in [-0.4, -0.2) is 36.2 Å². The number of carbonyl (C=O) groups excluding carboxylic acids is 1. The zero-order valence-electron chi connectivity index (χ0n) is 22.3. The predicted octanol–water partition coefficient (Wildman–Crippen LogP) is 6.53. The highest BCUT2D eigenvalue weighted by Crippen LogP contribution is 2.53. The number of benzene rings is 2. The number of nitrogens with zero attached hydrogens (tertiary/aromatic N) is 2. The number of nitrogens with one attached hydrogen (secondary N) is 1. The Hall–Kier alpha value is -2.55. The van der Waals surface area contributed by atoms with E-state index in [1.807, 2.05) is 5.38 Å². The van der Waals surface area contributed by atoms with Crippen LogP contribution in [0.2, 0.25) is 0 Å². The molecule has 2 aromatic carbocycles. The van der Waals surface area contributed by atoms with E-state index < -0.39 is 10.0 Å². The molecule has 1 amide bonds. The van der Waals surface area contributed by atoms with Crippen molar-refractivity contribution in [3.05, 3.63) is 64.5 Å². The smallest absolute Gasteiger partial charge is 0.257 e. The third-order valence-electron chi connectivity index (χ3n) is 8.46. The minimum atomic E-state index is -3.63. The minimum absolute atomic E-state index is 0.0188. The van der Waals surface area contributed by atoms with Crippen molar-refractivity contribution in [1.82, 2.24) is 9.29 Å². The van der Waals surface area contributed by atoms with Gasteiger partial charge in [-0.2, -0.15) is 4.31 Å². The molecule has 2 unspecified atom stereocenters. The van der Waals surface area contributed by atoms with Gasteiger partial charge >= 0.3 is 0 Å². The van der Waals surface area contributed by atoms with Crippen LogP contribution in [0.15, 0.2) is 52.7 Å². The molecule has 2 atom stereocenters. The lowest BCUT2D eigenvalue weighted by Crippen LogP contribution is -2.37. The Morgan fingerprint density at radius 3 is 2.53 bits per heavy atom. The van der Waals surface area contributed by atoms with E-state index in [1.54, 1.807) is 28.6 Å². The second kappa shape index (κ2) is 9.28. The van der Waals surface area contributed by atoms with Crippen molar-refractivity contribution < 1.29 is 13.2 Å². The summed E-state index contributed by atoms with van der Waals surface area (Å²) in [7, 11) is -3.63. The van der Waals surface area contributed by atoms with E-state index >= 15 is 0 Å². The molecule has 1 aromatic heterocycles. The van der Waals surface area contributed by atoms with Gasteiger partial charge in [0, 0.05) is 29.1 Å². The molecular formula is C30H35N3O3S2. The summed E-state index contributed by atoms with van der Waals surface area (Å²) in [4.78, 5) is 17.8. The first-order valence-corrected chi connectivity index (χ1v) is 15.8. The van der Waals surface area contributed by atoms with Crippen molar-refractivity contribution in [1.29, 1.82) is 0 Å². The standard InChI is InChI=1S/C30H35N3O3S2/c1-29(2)15-24-16-30(3,18-29)19-33(24)38(35,36)25-12-10-21(11-13-25)27(34)32-28-31-26(17-37-28)23-9-8-20-6-4-5-7-22(20)14-23/h8-14,17,24H,4-7,15-16,18-19H2,1-3H3,(H,31,32,34). The van der Waals surface area contributed by atoms with Crippen LogP contribution in [0, 0.1) is 10.8 Å². The number of amides is 1. The van der Waals surface area contributed by atoms with Gasteiger partial charge in [-0.15, -0.1) is 11.3 Å². The summed E-state index contributed by atoms with van der Waals surface area (Å²) < 4.78 is 28.8. The molecule has 2 heterocycles. The maximum atomic E-state index is 13.5. The normalized spacial score (nSPS) is 24.7. The topological polar surface area (TPSA) is 79.4 Å². The zero-order chi connectivity index (χ0) is 26.7. The molecule has 6 rings (SSSR count). The lowest BCUT2D eigenvalue weighted by Gasteiger charge is -2.39. The van der Waals surface area contributed by atoms with Gasteiger partial charge in [0.1, 0.15) is 0 Å². The van der Waals surface area contributed by atoms with Crippen LogP contribution in [-0.2, 0) is 22.9 Å². The summed E-state index contributed by atoms with van der Waals surface area (Å²) in [5.41, 5.74) is 5.32. The molecule has 8 heteroatoms. The summed E-state index contributed by atoms with van der Waals surface area (Å²) in [5, 5.41) is 5.37. The second-order valence-corrected chi connectivity index (χ2v) is 15.2. The van der Waals surface area contributed by atoms with Crippen LogP contribution in [0.5, 0.6) is 0 Å². The maximum absolute atomic E-state index is 13.5. The fraction of sp³-hybridized carbons (Fsp3) is 0.467. The molecule has 2 aliphatic carbocycles. The fourth-order valence-corrected chi connectivity index (χ4v) is 9.62. The van der Waals surface area contributed by atoms with Crippen LogP contribution >= 0.6 is 11.3 Å². The average molecular weight is 550 g/mol. The molecule has 1 N–H and O–H groups in total. The quantitative estimate of drug-likeness (QED) is 0.392. The van der Waals surface area contributed by atoms with E-state index in [9.17, 15) is 13.2 Å². The Morgan fingerprint density at radius 2 is 1.76 bits per heavy atom. The molecule has 3 aliphatic rings. The molecular weight excluding hydrogens is 514 g/mol. The molecule has 200 valence electrons. The largest absolute Gasteiger partial charge is 0.298 e. The average Bonchev–Trinajstić information content (AvgIpc) is 3.44. The summed E-state index contributed by atoms with van der Waals surface area (Å²) in [6, 6.07) is 12.9. The van der Waals surface area contributed by atoms with Crippen molar-refractivity contribution >= 4 is 32.4 Å². The molecule has 1 saturated heterocycles. The van der Waals surface area contributed by atoms with Crippen molar-refractivity contribution in [2.45, 2.75) is 76.7 Å². The van der Waals surface area contributed by atoms with E-state index in [0.29, 0.717) is 17.2 Å². The van der Waals surface area contributed by atoms with Crippen molar-refractivity contribution in [2.24, 2.45) is 10.8 Å². The molecule has 0 spiro atoms. The number of aryl methyl sites for hydroxylation is 2. The molecule has 1 saturated carbocycles. The van der Waals surface area contributed by atoms with Crippen molar-refractivity contribution in [3.8, 4) is 11.3 Å². The summed E-state index contributed by atoms with van der Waals surface area (Å²) in [6.07, 6.45) is 7.56. The number of sulfonamides is 1. The van der Waals surface area contributed by atoms with E-state index in [2.05, 4.69) is 49.3 Å². The lowest BCUT2D eigenvalue weighted by molar-refractivity contribution is 0.102. The Bertz CT molecular complexity index is 1490. The van der Waals surface area contributed by atoms with Crippen LogP contribution < -0.4 is 5.32 Å². The Labute approximate surface area is 229 Å². The van der Waals surface area contributed by atoms with Crippen LogP contribution in [0.3, 0.4) is 0 Å². The van der Waals surface area contributed by atoms with Gasteiger partial charge in [0.25, 0.3) is 5.91 Å². The molecule has 6 nitrogen and oxygen atoms in total. The van der Waals surface area contributed by atoms with Crippen LogP contribution in [0.4, 0.5) is 5.13 Å². The van der Waals surface area contributed by atoms with Gasteiger partial charge in [-0.05, 0) is 97.2 Å². The number of thiazole rings is 1. The van der Waals surface area contributed by atoms with Gasteiger partial charge in [0.05, 0.1) is 10.6 Å². The van der Waals surface area contributed by atoms with Gasteiger partial charge in [-0.3, -0.25) is 10.1 Å². The highest BCUT2D eigenvalue weighted by Gasteiger charge is 2.53. The number of anilines is 1. The van der Waals surface area contributed by atoms with Crippen molar-refractivity contribution in [3.63, 3.8) is 0 Å². The first-order valence-electron chi connectivity index (χ1n) is 13.5. The summed E-state index contributed by atoms with van der Waals surface area (Å²) in [6.45, 7) is 7.24. The van der Waals surface area contributed by atoms with E-state index in [4.69, 9.17) is 0 Å². The highest BCUT2D eigenvalue weighted by atomic mass is 32.2. The van der Waals surface area contributed by atoms with Crippen LogP contribution in [0.25, 0.3) is 11.3 Å².